The first-order valence-electron chi connectivity index (χ1n) is 6.16. The van der Waals surface area contributed by atoms with Crippen LogP contribution in [0.25, 0.3) is 0 Å². The zero-order valence-corrected chi connectivity index (χ0v) is 11.2. The summed E-state index contributed by atoms with van der Waals surface area (Å²) in [6.07, 6.45) is 0. The molecule has 0 aliphatic carbocycles. The molecule has 2 atom stereocenters. The third kappa shape index (κ3) is 1.90. The van der Waals surface area contributed by atoms with Crippen LogP contribution in [0.1, 0.15) is 20.7 Å². The number of fused-ring (bicyclic) bond motifs is 1. The van der Waals surface area contributed by atoms with Crippen LogP contribution in [0.3, 0.4) is 0 Å². The predicted octanol–water partition coefficient (Wildman–Crippen LogP) is 0.398. The fourth-order valence-corrected chi connectivity index (χ4v) is 3.63. The van der Waals surface area contributed by atoms with Crippen LogP contribution in [-0.2, 0) is 4.79 Å². The number of thioether (sulfide) groups is 1. The molecule has 1 aromatic rings. The molecule has 2 heterocycles. The van der Waals surface area contributed by atoms with Gasteiger partial charge in [0.1, 0.15) is 0 Å². The average molecular weight is 292 g/mol. The molecule has 0 radical (unpaired) electrons. The number of amides is 2. The van der Waals surface area contributed by atoms with E-state index in [4.69, 9.17) is 0 Å². The van der Waals surface area contributed by atoms with Crippen molar-refractivity contribution in [3.63, 3.8) is 0 Å². The van der Waals surface area contributed by atoms with Gasteiger partial charge in [-0.3, -0.25) is 14.5 Å². The first kappa shape index (κ1) is 13.1. The van der Waals surface area contributed by atoms with Gasteiger partial charge in [0.05, 0.1) is 16.5 Å². The predicted molar refractivity (Wildman–Crippen MR) is 72.6 cm³/mol. The quantitative estimate of drug-likeness (QED) is 0.784. The van der Waals surface area contributed by atoms with Crippen LogP contribution in [0.15, 0.2) is 24.3 Å². The summed E-state index contributed by atoms with van der Waals surface area (Å²) in [7, 11) is 0. The van der Waals surface area contributed by atoms with E-state index in [1.54, 1.807) is 24.3 Å². The van der Waals surface area contributed by atoms with Gasteiger partial charge in [-0.05, 0) is 12.1 Å². The van der Waals surface area contributed by atoms with Crippen LogP contribution >= 0.6 is 11.8 Å². The van der Waals surface area contributed by atoms with Crippen molar-refractivity contribution in [2.45, 2.75) is 11.4 Å². The monoisotopic (exact) mass is 292 g/mol. The summed E-state index contributed by atoms with van der Waals surface area (Å²) in [5, 5.41) is 12.0. The number of carboxylic acid groups (broad SMARTS) is 1. The summed E-state index contributed by atoms with van der Waals surface area (Å²) in [5.41, 5.74) is 0.540. The molecular formula is C13H12N2O4S. The lowest BCUT2D eigenvalue weighted by Gasteiger charge is -2.26. The molecule has 0 saturated carbocycles. The molecule has 7 heteroatoms. The molecule has 0 aromatic heterocycles. The normalized spacial score (nSPS) is 23.0. The topological polar surface area (TPSA) is 86.7 Å². The molecule has 6 nitrogen and oxygen atoms in total. The SMILES string of the molecule is O=C(O)[C@H]([C@@H]1NCCS1)N1C(=O)c2ccccc2C1=O. The number of carbonyl (C=O) groups excluding carboxylic acids is 2. The molecule has 1 fully saturated rings. The van der Waals surface area contributed by atoms with E-state index in [1.807, 2.05) is 0 Å². The highest BCUT2D eigenvalue weighted by Crippen LogP contribution is 2.29. The third-order valence-electron chi connectivity index (χ3n) is 3.39. The van der Waals surface area contributed by atoms with Gasteiger partial charge in [0.25, 0.3) is 11.8 Å². The van der Waals surface area contributed by atoms with E-state index in [0.717, 1.165) is 10.7 Å². The largest absolute Gasteiger partial charge is 0.480 e. The Morgan fingerprint density at radius 3 is 2.35 bits per heavy atom. The van der Waals surface area contributed by atoms with Gasteiger partial charge in [0.2, 0.25) is 0 Å². The first-order chi connectivity index (χ1) is 9.61. The van der Waals surface area contributed by atoms with Gasteiger partial charge in [0, 0.05) is 12.3 Å². The highest BCUT2D eigenvalue weighted by molar-refractivity contribution is 8.00. The van der Waals surface area contributed by atoms with Crippen molar-refractivity contribution in [3.8, 4) is 0 Å². The third-order valence-corrected chi connectivity index (χ3v) is 4.61. The Hall–Kier alpha value is -1.86. The fraction of sp³-hybridized carbons (Fsp3) is 0.308. The van der Waals surface area contributed by atoms with Crippen molar-refractivity contribution >= 4 is 29.5 Å². The van der Waals surface area contributed by atoms with Crippen LogP contribution in [0.5, 0.6) is 0 Å². The van der Waals surface area contributed by atoms with Crippen LogP contribution in [0.4, 0.5) is 0 Å². The van der Waals surface area contributed by atoms with Crippen molar-refractivity contribution in [2.24, 2.45) is 0 Å². The van der Waals surface area contributed by atoms with Gasteiger partial charge in [-0.25, -0.2) is 4.79 Å². The Bertz CT molecular complexity index is 563. The number of nitrogens with one attached hydrogen (secondary N) is 1. The highest BCUT2D eigenvalue weighted by Gasteiger charge is 2.47. The zero-order chi connectivity index (χ0) is 14.3. The molecule has 104 valence electrons. The van der Waals surface area contributed by atoms with Gasteiger partial charge in [-0.15, -0.1) is 11.8 Å². The number of aliphatic carboxylic acids is 1. The van der Waals surface area contributed by atoms with Crippen LogP contribution in [0, 0.1) is 0 Å². The number of imide groups is 1. The lowest BCUT2D eigenvalue weighted by molar-refractivity contribution is -0.141. The molecule has 2 N–H and O–H groups in total. The average Bonchev–Trinajstić information content (AvgIpc) is 3.03. The van der Waals surface area contributed by atoms with Gasteiger partial charge in [0.15, 0.2) is 6.04 Å². The molecule has 2 amide bonds. The summed E-state index contributed by atoms with van der Waals surface area (Å²) in [5.74, 6) is -1.48. The molecule has 1 aromatic carbocycles. The van der Waals surface area contributed by atoms with Gasteiger partial charge >= 0.3 is 5.97 Å². The van der Waals surface area contributed by atoms with Crippen LogP contribution in [-0.4, -0.2) is 51.5 Å². The lowest BCUT2D eigenvalue weighted by Crippen LogP contribution is -2.53. The molecule has 20 heavy (non-hydrogen) atoms. The Balaban J connectivity index is 1.99. The van der Waals surface area contributed by atoms with Gasteiger partial charge in [-0.2, -0.15) is 0 Å². The lowest BCUT2D eigenvalue weighted by atomic mass is 10.1. The van der Waals surface area contributed by atoms with Crippen molar-refractivity contribution in [1.29, 1.82) is 0 Å². The Morgan fingerprint density at radius 1 is 1.30 bits per heavy atom. The van der Waals surface area contributed by atoms with Crippen molar-refractivity contribution in [1.82, 2.24) is 10.2 Å². The summed E-state index contributed by atoms with van der Waals surface area (Å²) in [4.78, 5) is 37.0. The van der Waals surface area contributed by atoms with Crippen molar-refractivity contribution in [3.05, 3.63) is 35.4 Å². The van der Waals surface area contributed by atoms with E-state index in [-0.39, 0.29) is 11.1 Å². The molecule has 0 spiro atoms. The van der Waals surface area contributed by atoms with Crippen molar-refractivity contribution < 1.29 is 19.5 Å². The zero-order valence-electron chi connectivity index (χ0n) is 10.4. The summed E-state index contributed by atoms with van der Waals surface area (Å²) >= 11 is 1.41. The second-order valence-corrected chi connectivity index (χ2v) is 5.80. The smallest absolute Gasteiger partial charge is 0.329 e. The molecule has 3 rings (SSSR count). The fourth-order valence-electron chi connectivity index (χ4n) is 2.48. The van der Waals surface area contributed by atoms with Crippen molar-refractivity contribution in [2.75, 3.05) is 12.3 Å². The maximum absolute atomic E-state index is 12.3. The molecule has 2 aliphatic rings. The van der Waals surface area contributed by atoms with E-state index in [0.29, 0.717) is 6.54 Å². The molecule has 0 unspecified atom stereocenters. The number of hydrogen-bond acceptors (Lipinski definition) is 5. The maximum atomic E-state index is 12.3. The van der Waals surface area contributed by atoms with E-state index in [1.165, 1.54) is 11.8 Å². The number of carboxylic acids is 1. The Morgan fingerprint density at radius 2 is 1.90 bits per heavy atom. The molecule has 1 saturated heterocycles. The summed E-state index contributed by atoms with van der Waals surface area (Å²) in [6, 6.07) is 5.22. The maximum Gasteiger partial charge on any atom is 0.329 e. The molecule has 2 aliphatic heterocycles. The highest BCUT2D eigenvalue weighted by atomic mass is 32.2. The molecular weight excluding hydrogens is 280 g/mol. The Kier molecular flexibility index (Phi) is 3.23. The minimum Gasteiger partial charge on any atom is -0.480 e. The second kappa shape index (κ2) is 4.92. The van der Waals surface area contributed by atoms with Crippen LogP contribution in [0.2, 0.25) is 0 Å². The van der Waals surface area contributed by atoms with E-state index >= 15 is 0 Å². The number of benzene rings is 1. The standard InChI is InChI=1S/C13H12N2O4S/c16-11-7-3-1-2-4-8(7)12(17)15(11)9(13(18)19)10-14-5-6-20-10/h1-4,9-10,14H,5-6H2,(H,18,19)/t9-,10+/m0/s1. The number of hydrogen-bond donors (Lipinski definition) is 2. The van der Waals surface area contributed by atoms with Gasteiger partial charge < -0.3 is 10.4 Å². The minimum absolute atomic E-state index is 0.270. The van der Waals surface area contributed by atoms with E-state index in [9.17, 15) is 19.5 Å². The number of carbonyl (C=O) groups is 3. The van der Waals surface area contributed by atoms with E-state index < -0.39 is 29.2 Å². The van der Waals surface area contributed by atoms with Crippen LogP contribution < -0.4 is 5.32 Å². The van der Waals surface area contributed by atoms with E-state index in [2.05, 4.69) is 5.32 Å². The summed E-state index contributed by atoms with van der Waals surface area (Å²) in [6.45, 7) is 0.669. The summed E-state index contributed by atoms with van der Waals surface area (Å²) < 4.78 is 0. The minimum atomic E-state index is -1.19. The second-order valence-electron chi connectivity index (χ2n) is 4.55. The Labute approximate surface area is 119 Å². The molecule has 0 bridgehead atoms. The number of nitrogens with zero attached hydrogens (tertiary/aromatic N) is 1. The van der Waals surface area contributed by atoms with Gasteiger partial charge in [-0.1, -0.05) is 12.1 Å². The first-order valence-corrected chi connectivity index (χ1v) is 7.21. The number of rotatable bonds is 3.